The lowest BCUT2D eigenvalue weighted by atomic mass is 10.0. The van der Waals surface area contributed by atoms with Crippen LogP contribution in [0.1, 0.15) is 26.3 Å². The molecule has 4 N–H and O–H groups in total. The third-order valence-electron chi connectivity index (χ3n) is 9.56. The molecule has 20 nitrogen and oxygen atoms in total. The van der Waals surface area contributed by atoms with Crippen LogP contribution in [0.4, 0.5) is 40.1 Å². The zero-order valence-corrected chi connectivity index (χ0v) is 32.7. The van der Waals surface area contributed by atoms with Crippen LogP contribution in [0.15, 0.2) is 155 Å². The number of rotatable bonds is 10. The molecule has 9 rings (SSSR count). The van der Waals surface area contributed by atoms with Crippen molar-refractivity contribution in [2.24, 2.45) is 20.5 Å². The van der Waals surface area contributed by atoms with Crippen LogP contribution in [0, 0.1) is 17.9 Å². The summed E-state index contributed by atoms with van der Waals surface area (Å²) < 4.78 is 2.47. The summed E-state index contributed by atoms with van der Waals surface area (Å²) in [5, 5.41) is 65.7. The highest BCUT2D eigenvalue weighted by molar-refractivity contribution is 6.13. The van der Waals surface area contributed by atoms with Gasteiger partial charge in [-0.15, -0.1) is 20.5 Å². The summed E-state index contributed by atoms with van der Waals surface area (Å²) in [5.41, 5.74) is 0.484. The minimum atomic E-state index is -0.678. The molecule has 0 fully saturated rings. The van der Waals surface area contributed by atoms with Crippen molar-refractivity contribution in [1.29, 1.82) is 5.26 Å². The molecule has 20 heteroatoms. The van der Waals surface area contributed by atoms with E-state index < -0.39 is 23.3 Å². The number of nitriles is 1. The smallest absolute Gasteiger partial charge is 0.259 e. The zero-order chi connectivity index (χ0) is 44.2. The molecule has 2 amide bonds. The number of carbonyl (C=O) groups is 2. The van der Waals surface area contributed by atoms with Gasteiger partial charge >= 0.3 is 0 Å². The maximum atomic E-state index is 13.7. The standard InChI is InChI=1S/C44H26N16O4/c1-46-34-24-52-60(44-49-18-7-19-50-44)40(34)58-56-36-31-11-5-3-9-26(31)21-33(38(36)62)42(64)54-29-14-12-28(13-15-29)53-41(63)32-20-25-8-2-4-10-30(25)35(37(32)61)55-57-39-27(22-45)23-51-59(39)43-47-16-6-17-48-43/h2-21,23-24,61-62H,(H,53,63)(H,54,64)/b57-55+,58-56+. The number of aromatic hydroxyl groups is 2. The van der Waals surface area contributed by atoms with Crippen LogP contribution in [0.3, 0.4) is 0 Å². The fraction of sp³-hybridized carbons (Fsp3) is 0. The Labute approximate surface area is 360 Å². The summed E-state index contributed by atoms with van der Waals surface area (Å²) in [5.74, 6) is -1.97. The fourth-order valence-corrected chi connectivity index (χ4v) is 6.53. The Morgan fingerprint density at radius 3 is 1.56 bits per heavy atom. The van der Waals surface area contributed by atoms with Gasteiger partial charge < -0.3 is 20.8 Å². The van der Waals surface area contributed by atoms with E-state index in [9.17, 15) is 25.1 Å². The Morgan fingerprint density at radius 1 is 0.625 bits per heavy atom. The first-order valence-corrected chi connectivity index (χ1v) is 18.9. The van der Waals surface area contributed by atoms with Crippen molar-refractivity contribution in [2.45, 2.75) is 0 Å². The maximum Gasteiger partial charge on any atom is 0.259 e. The lowest BCUT2D eigenvalue weighted by molar-refractivity contribution is 0.101. The molecular formula is C44H26N16O4. The minimum Gasteiger partial charge on any atom is -0.505 e. The second kappa shape index (κ2) is 16.9. The molecule has 306 valence electrons. The lowest BCUT2D eigenvalue weighted by Crippen LogP contribution is -2.13. The number of hydrogen-bond donors (Lipinski definition) is 4. The van der Waals surface area contributed by atoms with Gasteiger partial charge in [0.2, 0.25) is 0 Å². The average molecular weight is 843 g/mol. The molecule has 0 unspecified atom stereocenters. The number of aromatic nitrogens is 8. The van der Waals surface area contributed by atoms with Gasteiger partial charge in [-0.05, 0) is 59.3 Å². The number of nitrogens with one attached hydrogen (secondary N) is 2. The fourth-order valence-electron chi connectivity index (χ4n) is 6.53. The van der Waals surface area contributed by atoms with Crippen LogP contribution in [-0.2, 0) is 0 Å². The molecule has 0 aliphatic heterocycles. The topological polar surface area (TPSA) is 263 Å². The SMILES string of the molecule is [C-]#[N+]c1cnn(-c2ncccn2)c1/N=N/c1c(O)c(C(=O)Nc2ccc(NC(=O)c3cc4ccccc4c(/N=N/c4c(C#N)cnn4-c4ncccn4)c3O)cc2)cc2ccccc12. The molecule has 9 aromatic rings. The van der Waals surface area contributed by atoms with Crippen LogP contribution in [-0.4, -0.2) is 61.5 Å². The van der Waals surface area contributed by atoms with Gasteiger partial charge in [-0.2, -0.15) is 24.8 Å². The number of hydrogen-bond acceptors (Lipinski definition) is 15. The molecule has 0 aliphatic carbocycles. The van der Waals surface area contributed by atoms with Gasteiger partial charge in [0.1, 0.15) is 23.0 Å². The van der Waals surface area contributed by atoms with Gasteiger partial charge in [-0.1, -0.05) is 48.5 Å². The number of fused-ring (bicyclic) bond motifs is 2. The van der Waals surface area contributed by atoms with Gasteiger partial charge in [-0.25, -0.2) is 24.8 Å². The first-order chi connectivity index (χ1) is 31.3. The van der Waals surface area contributed by atoms with Crippen molar-refractivity contribution < 1.29 is 19.8 Å². The van der Waals surface area contributed by atoms with Gasteiger partial charge in [0, 0.05) is 46.9 Å². The van der Waals surface area contributed by atoms with Crippen LogP contribution >= 0.6 is 0 Å². The second-order valence-electron chi connectivity index (χ2n) is 13.5. The van der Waals surface area contributed by atoms with E-state index >= 15 is 0 Å². The molecular weight excluding hydrogens is 817 g/mol. The summed E-state index contributed by atoms with van der Waals surface area (Å²) in [6, 6.07) is 28.3. The largest absolute Gasteiger partial charge is 0.505 e. The van der Waals surface area contributed by atoms with Crippen molar-refractivity contribution in [3.8, 4) is 29.5 Å². The third kappa shape index (κ3) is 7.51. The highest BCUT2D eigenvalue weighted by Gasteiger charge is 2.22. The molecule has 4 aromatic heterocycles. The third-order valence-corrected chi connectivity index (χ3v) is 9.56. The number of phenolic OH excluding ortho intramolecular Hbond substituents is 2. The Balaban J connectivity index is 0.962. The summed E-state index contributed by atoms with van der Waals surface area (Å²) in [4.78, 5) is 47.6. The van der Waals surface area contributed by atoms with Crippen molar-refractivity contribution in [1.82, 2.24) is 39.5 Å². The molecule has 0 saturated carbocycles. The lowest BCUT2D eigenvalue weighted by Gasteiger charge is -2.13. The normalized spacial score (nSPS) is 11.2. The van der Waals surface area contributed by atoms with Crippen molar-refractivity contribution in [2.75, 3.05) is 10.6 Å². The Hall–Kier alpha value is -10.1. The van der Waals surface area contributed by atoms with E-state index in [-0.39, 0.29) is 57.3 Å². The van der Waals surface area contributed by atoms with Crippen molar-refractivity contribution in [3.05, 3.63) is 162 Å². The second-order valence-corrected chi connectivity index (χ2v) is 13.5. The number of azo groups is 2. The van der Waals surface area contributed by atoms with Gasteiger partial charge in [0.05, 0.1) is 30.1 Å². The van der Waals surface area contributed by atoms with Crippen molar-refractivity contribution in [3.63, 3.8) is 0 Å². The Bertz CT molecular complexity index is 3200. The van der Waals surface area contributed by atoms with Gasteiger partial charge in [0.25, 0.3) is 29.4 Å². The molecule has 0 aliphatic rings. The predicted molar refractivity (Wildman–Crippen MR) is 231 cm³/mol. The number of carbonyl (C=O) groups excluding carboxylic acids is 2. The molecule has 0 bridgehead atoms. The molecule has 0 saturated heterocycles. The van der Waals surface area contributed by atoms with E-state index in [0.29, 0.717) is 32.9 Å². The molecule has 0 spiro atoms. The summed E-state index contributed by atoms with van der Waals surface area (Å²) in [6.07, 6.45) is 8.60. The summed E-state index contributed by atoms with van der Waals surface area (Å²) in [7, 11) is 0. The molecule has 0 atom stereocenters. The van der Waals surface area contributed by atoms with E-state index in [1.165, 1.54) is 82.9 Å². The monoisotopic (exact) mass is 842 g/mol. The van der Waals surface area contributed by atoms with Crippen LogP contribution in [0.2, 0.25) is 0 Å². The highest BCUT2D eigenvalue weighted by atomic mass is 16.3. The highest BCUT2D eigenvalue weighted by Crippen LogP contribution is 2.42. The predicted octanol–water partition coefficient (Wildman–Crippen LogP) is 9.11. The number of benzene rings is 5. The first-order valence-electron chi connectivity index (χ1n) is 18.9. The van der Waals surface area contributed by atoms with E-state index in [1.807, 2.05) is 6.07 Å². The Kier molecular flexibility index (Phi) is 10.4. The van der Waals surface area contributed by atoms with Gasteiger partial charge in [-0.3, -0.25) is 9.59 Å². The molecule has 0 radical (unpaired) electrons. The quantitative estimate of drug-likeness (QED) is 0.0745. The van der Waals surface area contributed by atoms with Gasteiger partial charge in [0.15, 0.2) is 23.1 Å². The molecule has 5 aromatic carbocycles. The average Bonchev–Trinajstić information content (AvgIpc) is 3.95. The number of phenols is 2. The van der Waals surface area contributed by atoms with Crippen molar-refractivity contribution >= 4 is 73.4 Å². The molecule has 64 heavy (non-hydrogen) atoms. The summed E-state index contributed by atoms with van der Waals surface area (Å²) >= 11 is 0. The minimum absolute atomic E-state index is 0.0104. The number of anilines is 2. The molecule has 4 heterocycles. The van der Waals surface area contributed by atoms with Crippen LogP contribution < -0.4 is 10.6 Å². The zero-order valence-electron chi connectivity index (χ0n) is 32.7. The van der Waals surface area contributed by atoms with Crippen LogP contribution in [0.25, 0.3) is 38.3 Å². The summed E-state index contributed by atoms with van der Waals surface area (Å²) in [6.45, 7) is 7.59. The number of nitrogens with zero attached hydrogens (tertiary/aromatic N) is 14. The number of amides is 2. The Morgan fingerprint density at radius 2 is 1.08 bits per heavy atom. The van der Waals surface area contributed by atoms with E-state index in [2.05, 4.69) is 66.1 Å². The maximum absolute atomic E-state index is 13.7. The van der Waals surface area contributed by atoms with E-state index in [4.69, 9.17) is 6.57 Å². The van der Waals surface area contributed by atoms with E-state index in [1.54, 1.807) is 60.7 Å². The van der Waals surface area contributed by atoms with Crippen LogP contribution in [0.5, 0.6) is 11.5 Å². The van der Waals surface area contributed by atoms with E-state index in [0.717, 1.165) is 0 Å². The first kappa shape index (κ1) is 39.4.